The smallest absolute Gasteiger partial charge is 0.0621 e. The third-order valence-corrected chi connectivity index (χ3v) is 3.52. The molecule has 0 bridgehead atoms. The van der Waals surface area contributed by atoms with E-state index < -0.39 is 0 Å². The topological polar surface area (TPSA) is 38.5 Å². The molecule has 0 saturated carbocycles. The summed E-state index contributed by atoms with van der Waals surface area (Å²) in [7, 11) is 2.17. The van der Waals surface area contributed by atoms with E-state index in [1.165, 1.54) is 24.0 Å². The van der Waals surface area contributed by atoms with Gasteiger partial charge in [-0.1, -0.05) is 24.3 Å². The van der Waals surface area contributed by atoms with Crippen molar-refractivity contribution >= 4 is 0 Å². The molecular formula is C14H22N2O. The van der Waals surface area contributed by atoms with E-state index in [0.717, 1.165) is 19.8 Å². The van der Waals surface area contributed by atoms with Crippen LogP contribution >= 0.6 is 0 Å². The van der Waals surface area contributed by atoms with Crippen LogP contribution in [-0.2, 0) is 17.8 Å². The lowest BCUT2D eigenvalue weighted by atomic mass is 10.0. The van der Waals surface area contributed by atoms with Crippen molar-refractivity contribution in [2.75, 3.05) is 20.3 Å². The zero-order valence-electron chi connectivity index (χ0n) is 10.6. The molecule has 1 saturated heterocycles. The minimum Gasteiger partial charge on any atom is -0.380 e. The molecule has 1 fully saturated rings. The second-order valence-electron chi connectivity index (χ2n) is 4.76. The van der Waals surface area contributed by atoms with Crippen LogP contribution in [-0.4, -0.2) is 31.2 Å². The Morgan fingerprint density at radius 2 is 2.12 bits per heavy atom. The fourth-order valence-corrected chi connectivity index (χ4v) is 2.38. The average molecular weight is 234 g/mol. The highest BCUT2D eigenvalue weighted by Gasteiger charge is 2.18. The SMILES string of the molecule is CN(Cc1ccccc1CN)C1CCCOC1. The van der Waals surface area contributed by atoms with Crippen molar-refractivity contribution in [1.29, 1.82) is 0 Å². The van der Waals surface area contributed by atoms with Crippen LogP contribution in [0, 0.1) is 0 Å². The maximum Gasteiger partial charge on any atom is 0.0621 e. The predicted octanol–water partition coefficient (Wildman–Crippen LogP) is 1.76. The summed E-state index contributed by atoms with van der Waals surface area (Å²) < 4.78 is 5.53. The Morgan fingerprint density at radius 1 is 1.35 bits per heavy atom. The zero-order chi connectivity index (χ0) is 12.1. The van der Waals surface area contributed by atoms with Gasteiger partial charge in [-0.15, -0.1) is 0 Å². The van der Waals surface area contributed by atoms with Gasteiger partial charge in [0.2, 0.25) is 0 Å². The molecule has 0 aliphatic carbocycles. The van der Waals surface area contributed by atoms with Gasteiger partial charge in [-0.25, -0.2) is 0 Å². The highest BCUT2D eigenvalue weighted by Crippen LogP contribution is 2.16. The standard InChI is InChI=1S/C14H22N2O/c1-16(14-7-4-8-17-11-14)10-13-6-3-2-5-12(13)9-15/h2-3,5-6,14H,4,7-11,15H2,1H3. The lowest BCUT2D eigenvalue weighted by Gasteiger charge is -2.31. The van der Waals surface area contributed by atoms with Crippen LogP contribution in [0.5, 0.6) is 0 Å². The number of hydrogen-bond donors (Lipinski definition) is 1. The quantitative estimate of drug-likeness (QED) is 0.862. The first-order valence-corrected chi connectivity index (χ1v) is 6.36. The van der Waals surface area contributed by atoms with E-state index >= 15 is 0 Å². The molecule has 0 aromatic heterocycles. The first-order chi connectivity index (χ1) is 8.31. The van der Waals surface area contributed by atoms with E-state index in [1.54, 1.807) is 0 Å². The van der Waals surface area contributed by atoms with Crippen molar-refractivity contribution in [2.24, 2.45) is 5.73 Å². The molecule has 2 N–H and O–H groups in total. The summed E-state index contributed by atoms with van der Waals surface area (Å²) in [5.41, 5.74) is 8.34. The van der Waals surface area contributed by atoms with Crippen LogP contribution in [0.25, 0.3) is 0 Å². The minimum absolute atomic E-state index is 0.551. The van der Waals surface area contributed by atoms with Crippen LogP contribution in [0.15, 0.2) is 24.3 Å². The summed E-state index contributed by atoms with van der Waals surface area (Å²) in [6, 6.07) is 8.97. The van der Waals surface area contributed by atoms with E-state index in [0.29, 0.717) is 12.6 Å². The second kappa shape index (κ2) is 6.15. The molecule has 0 radical (unpaired) electrons. The molecule has 3 nitrogen and oxygen atoms in total. The fourth-order valence-electron chi connectivity index (χ4n) is 2.38. The summed E-state index contributed by atoms with van der Waals surface area (Å²) in [6.45, 7) is 3.36. The van der Waals surface area contributed by atoms with E-state index in [-0.39, 0.29) is 0 Å². The Balaban J connectivity index is 1.99. The molecule has 1 aliphatic heterocycles. The second-order valence-corrected chi connectivity index (χ2v) is 4.76. The number of nitrogens with zero attached hydrogens (tertiary/aromatic N) is 1. The summed E-state index contributed by atoms with van der Waals surface area (Å²) in [6.07, 6.45) is 2.41. The van der Waals surface area contributed by atoms with Crippen LogP contribution in [0.2, 0.25) is 0 Å². The first-order valence-electron chi connectivity index (χ1n) is 6.36. The van der Waals surface area contributed by atoms with E-state index in [1.807, 2.05) is 0 Å². The molecule has 1 aromatic carbocycles. The summed E-state index contributed by atoms with van der Waals surface area (Å²) in [5.74, 6) is 0. The van der Waals surface area contributed by atoms with Gasteiger partial charge in [0.25, 0.3) is 0 Å². The molecule has 1 aromatic rings. The first kappa shape index (κ1) is 12.6. The number of ether oxygens (including phenoxy) is 1. The Kier molecular flexibility index (Phi) is 4.54. The van der Waals surface area contributed by atoms with Gasteiger partial charge < -0.3 is 10.5 Å². The normalized spacial score (nSPS) is 20.8. The Hall–Kier alpha value is -0.900. The highest BCUT2D eigenvalue weighted by molar-refractivity contribution is 5.26. The third-order valence-electron chi connectivity index (χ3n) is 3.52. The van der Waals surface area contributed by atoms with E-state index in [4.69, 9.17) is 10.5 Å². The fraction of sp³-hybridized carbons (Fsp3) is 0.571. The van der Waals surface area contributed by atoms with Crippen molar-refractivity contribution in [1.82, 2.24) is 4.90 Å². The molecule has 1 heterocycles. The Labute approximate surface area is 104 Å². The van der Waals surface area contributed by atoms with Crippen molar-refractivity contribution in [2.45, 2.75) is 32.0 Å². The average Bonchev–Trinajstić information content (AvgIpc) is 2.40. The van der Waals surface area contributed by atoms with Gasteiger partial charge in [-0.2, -0.15) is 0 Å². The largest absolute Gasteiger partial charge is 0.380 e. The maximum atomic E-state index is 5.76. The third kappa shape index (κ3) is 3.28. The maximum absolute atomic E-state index is 5.76. The van der Waals surface area contributed by atoms with E-state index in [9.17, 15) is 0 Å². The van der Waals surface area contributed by atoms with Crippen molar-refractivity contribution in [3.05, 3.63) is 35.4 Å². The molecule has 94 valence electrons. The number of benzene rings is 1. The number of hydrogen-bond acceptors (Lipinski definition) is 3. The van der Waals surface area contributed by atoms with Gasteiger partial charge in [0, 0.05) is 25.7 Å². The lowest BCUT2D eigenvalue weighted by Crippen LogP contribution is -2.38. The van der Waals surface area contributed by atoms with Crippen molar-refractivity contribution in [3.63, 3.8) is 0 Å². The molecular weight excluding hydrogens is 212 g/mol. The summed E-state index contributed by atoms with van der Waals surface area (Å²) >= 11 is 0. The van der Waals surface area contributed by atoms with E-state index in [2.05, 4.69) is 36.2 Å². The van der Waals surface area contributed by atoms with Crippen LogP contribution in [0.4, 0.5) is 0 Å². The molecule has 1 unspecified atom stereocenters. The van der Waals surface area contributed by atoms with Gasteiger partial charge in [0.15, 0.2) is 0 Å². The van der Waals surface area contributed by atoms with Gasteiger partial charge in [-0.05, 0) is 31.0 Å². The molecule has 17 heavy (non-hydrogen) atoms. The van der Waals surface area contributed by atoms with Crippen molar-refractivity contribution in [3.8, 4) is 0 Å². The van der Waals surface area contributed by atoms with Gasteiger partial charge in [0.1, 0.15) is 0 Å². The Bertz CT molecular complexity index is 348. The number of likely N-dealkylation sites (N-methyl/N-ethyl adjacent to an activating group) is 1. The van der Waals surface area contributed by atoms with Crippen LogP contribution in [0.3, 0.4) is 0 Å². The summed E-state index contributed by atoms with van der Waals surface area (Å²) in [4.78, 5) is 2.38. The monoisotopic (exact) mass is 234 g/mol. The molecule has 2 rings (SSSR count). The predicted molar refractivity (Wildman–Crippen MR) is 69.6 cm³/mol. The van der Waals surface area contributed by atoms with Gasteiger partial charge in [0.05, 0.1) is 6.61 Å². The summed E-state index contributed by atoms with van der Waals surface area (Å²) in [5, 5.41) is 0. The lowest BCUT2D eigenvalue weighted by molar-refractivity contribution is 0.0249. The Morgan fingerprint density at radius 3 is 2.76 bits per heavy atom. The van der Waals surface area contributed by atoms with Gasteiger partial charge >= 0.3 is 0 Å². The molecule has 3 heteroatoms. The number of nitrogens with two attached hydrogens (primary N) is 1. The number of rotatable bonds is 4. The minimum atomic E-state index is 0.551. The van der Waals surface area contributed by atoms with Gasteiger partial charge in [-0.3, -0.25) is 4.90 Å². The van der Waals surface area contributed by atoms with Crippen LogP contribution < -0.4 is 5.73 Å². The van der Waals surface area contributed by atoms with Crippen molar-refractivity contribution < 1.29 is 4.74 Å². The zero-order valence-corrected chi connectivity index (χ0v) is 10.6. The molecule has 1 aliphatic rings. The highest BCUT2D eigenvalue weighted by atomic mass is 16.5. The van der Waals surface area contributed by atoms with Crippen LogP contribution in [0.1, 0.15) is 24.0 Å². The molecule has 1 atom stereocenters. The molecule has 0 amide bonds. The molecule has 0 spiro atoms.